The normalized spacial score (nSPS) is 25.6. The third-order valence-electron chi connectivity index (χ3n) is 5.15. The molecule has 0 atom stereocenters. The van der Waals surface area contributed by atoms with E-state index in [0.29, 0.717) is 19.4 Å². The maximum atomic E-state index is 12.4. The molecule has 5 nitrogen and oxygen atoms in total. The molecule has 1 saturated heterocycles. The van der Waals surface area contributed by atoms with Gasteiger partial charge in [0.15, 0.2) is 0 Å². The van der Waals surface area contributed by atoms with Crippen molar-refractivity contribution in [1.29, 1.82) is 0 Å². The van der Waals surface area contributed by atoms with Crippen molar-refractivity contribution in [2.75, 3.05) is 39.3 Å². The zero-order valence-corrected chi connectivity index (χ0v) is 14.9. The van der Waals surface area contributed by atoms with Crippen molar-refractivity contribution in [2.45, 2.75) is 25.7 Å². The highest BCUT2D eigenvalue weighted by atomic mass is 16.2. The number of aryl methyl sites for hydroxylation is 1. The van der Waals surface area contributed by atoms with E-state index in [1.54, 1.807) is 6.21 Å². The summed E-state index contributed by atoms with van der Waals surface area (Å²) in [5.74, 6) is -0.601. The number of nitrogens with one attached hydrogen (secondary N) is 1. The smallest absolute Gasteiger partial charge is 0.149 e. The molecule has 1 N–H and O–H groups in total. The molecule has 0 unspecified atom stereocenters. The Morgan fingerprint density at radius 1 is 1.12 bits per heavy atom. The summed E-state index contributed by atoms with van der Waals surface area (Å²) in [6.45, 7) is 7.68. The standard InChI is InChI=1S/C20H27N3O2/c1-15-2-4-16(5-3-15)17-12-19(24)18(20(25)13-17)14-22-8-11-23-9-6-21-7-10-23/h2-5,14,17-18,21H,6-13H2,1H3. The van der Waals surface area contributed by atoms with Crippen LogP contribution in [-0.2, 0) is 9.59 Å². The first-order valence-corrected chi connectivity index (χ1v) is 9.18. The van der Waals surface area contributed by atoms with E-state index in [4.69, 9.17) is 0 Å². The van der Waals surface area contributed by atoms with Gasteiger partial charge in [-0.3, -0.25) is 19.5 Å². The molecule has 1 aliphatic heterocycles. The Labute approximate surface area is 149 Å². The first-order chi connectivity index (χ1) is 12.1. The first-order valence-electron chi connectivity index (χ1n) is 9.18. The molecule has 0 bridgehead atoms. The summed E-state index contributed by atoms with van der Waals surface area (Å²) < 4.78 is 0. The van der Waals surface area contributed by atoms with Gasteiger partial charge in [0.2, 0.25) is 0 Å². The van der Waals surface area contributed by atoms with Crippen molar-refractivity contribution in [1.82, 2.24) is 10.2 Å². The summed E-state index contributed by atoms with van der Waals surface area (Å²) in [5.41, 5.74) is 2.27. The van der Waals surface area contributed by atoms with Gasteiger partial charge in [0, 0.05) is 51.8 Å². The van der Waals surface area contributed by atoms with Crippen molar-refractivity contribution >= 4 is 17.8 Å². The lowest BCUT2D eigenvalue weighted by molar-refractivity contribution is -0.133. The minimum absolute atomic E-state index is 0.00717. The highest BCUT2D eigenvalue weighted by molar-refractivity contribution is 6.16. The van der Waals surface area contributed by atoms with E-state index in [9.17, 15) is 9.59 Å². The highest BCUT2D eigenvalue weighted by Gasteiger charge is 2.34. The van der Waals surface area contributed by atoms with Crippen LogP contribution in [-0.4, -0.2) is 61.9 Å². The molecule has 3 rings (SSSR count). The van der Waals surface area contributed by atoms with Gasteiger partial charge in [-0.1, -0.05) is 29.8 Å². The zero-order chi connectivity index (χ0) is 17.6. The van der Waals surface area contributed by atoms with Crippen molar-refractivity contribution in [3.05, 3.63) is 35.4 Å². The zero-order valence-electron chi connectivity index (χ0n) is 14.9. The molecule has 0 aromatic heterocycles. The van der Waals surface area contributed by atoms with Crippen molar-refractivity contribution in [3.8, 4) is 0 Å². The quantitative estimate of drug-likeness (QED) is 0.653. The fraction of sp³-hybridized carbons (Fsp3) is 0.550. The number of carbonyl (C=O) groups is 2. The Kier molecular flexibility index (Phi) is 6.10. The molecular weight excluding hydrogens is 314 g/mol. The van der Waals surface area contributed by atoms with Gasteiger partial charge < -0.3 is 5.32 Å². The molecule has 1 aromatic carbocycles. The maximum absolute atomic E-state index is 12.4. The maximum Gasteiger partial charge on any atom is 0.149 e. The third-order valence-corrected chi connectivity index (χ3v) is 5.15. The lowest BCUT2D eigenvalue weighted by atomic mass is 9.77. The molecule has 1 heterocycles. The van der Waals surface area contributed by atoms with Crippen LogP contribution in [0.5, 0.6) is 0 Å². The monoisotopic (exact) mass is 341 g/mol. The highest BCUT2D eigenvalue weighted by Crippen LogP contribution is 2.31. The van der Waals surface area contributed by atoms with E-state index in [-0.39, 0.29) is 17.5 Å². The van der Waals surface area contributed by atoms with Crippen LogP contribution < -0.4 is 5.32 Å². The minimum Gasteiger partial charge on any atom is -0.314 e. The van der Waals surface area contributed by atoms with E-state index >= 15 is 0 Å². The molecule has 0 radical (unpaired) electrons. The summed E-state index contributed by atoms with van der Waals surface area (Å²) >= 11 is 0. The number of benzene rings is 1. The predicted molar refractivity (Wildman–Crippen MR) is 99.3 cm³/mol. The van der Waals surface area contributed by atoms with E-state index in [0.717, 1.165) is 38.3 Å². The van der Waals surface area contributed by atoms with Gasteiger partial charge in [-0.25, -0.2) is 0 Å². The SMILES string of the molecule is Cc1ccc(C2CC(=O)C(C=NCCN3CCNCC3)C(=O)C2)cc1. The van der Waals surface area contributed by atoms with Crippen LogP contribution in [0, 0.1) is 12.8 Å². The topological polar surface area (TPSA) is 61.8 Å². The molecule has 2 fully saturated rings. The summed E-state index contributed by atoms with van der Waals surface area (Å²) in [4.78, 5) is 31.6. The van der Waals surface area contributed by atoms with Gasteiger partial charge in [0.05, 0.1) is 6.54 Å². The Balaban J connectivity index is 1.51. The first kappa shape index (κ1) is 18.0. The number of nitrogens with zero attached hydrogens (tertiary/aromatic N) is 2. The second-order valence-corrected chi connectivity index (χ2v) is 7.07. The van der Waals surface area contributed by atoms with Crippen LogP contribution >= 0.6 is 0 Å². The van der Waals surface area contributed by atoms with Crippen molar-refractivity contribution in [3.63, 3.8) is 0 Å². The number of ketones is 2. The van der Waals surface area contributed by atoms with Crippen LogP contribution in [0.4, 0.5) is 0 Å². The van der Waals surface area contributed by atoms with Gasteiger partial charge in [-0.05, 0) is 18.4 Å². The molecule has 1 aliphatic carbocycles. The van der Waals surface area contributed by atoms with Crippen LogP contribution in [0.25, 0.3) is 0 Å². The average Bonchev–Trinajstić information content (AvgIpc) is 2.62. The number of piperazine rings is 1. The van der Waals surface area contributed by atoms with Crippen molar-refractivity contribution in [2.24, 2.45) is 10.9 Å². The molecule has 134 valence electrons. The van der Waals surface area contributed by atoms with E-state index in [1.807, 2.05) is 31.2 Å². The Hall–Kier alpha value is -1.85. The molecular formula is C20H27N3O2. The number of hydrogen-bond acceptors (Lipinski definition) is 5. The number of carbonyl (C=O) groups excluding carboxylic acids is 2. The number of aliphatic imine (C=N–C) groups is 1. The van der Waals surface area contributed by atoms with Crippen LogP contribution in [0.1, 0.15) is 29.9 Å². The summed E-state index contributed by atoms with van der Waals surface area (Å²) in [6.07, 6.45) is 2.46. The summed E-state index contributed by atoms with van der Waals surface area (Å²) in [6, 6.07) is 8.13. The Bertz CT molecular complexity index is 615. The van der Waals surface area contributed by atoms with E-state index in [1.165, 1.54) is 5.56 Å². The van der Waals surface area contributed by atoms with Crippen LogP contribution in [0.2, 0.25) is 0 Å². The Morgan fingerprint density at radius 2 is 1.76 bits per heavy atom. The fourth-order valence-corrected chi connectivity index (χ4v) is 3.55. The summed E-state index contributed by atoms with van der Waals surface area (Å²) in [7, 11) is 0. The number of Topliss-reactive ketones (excluding diaryl/α,β-unsaturated/α-hetero) is 2. The summed E-state index contributed by atoms with van der Waals surface area (Å²) in [5, 5.41) is 3.32. The van der Waals surface area contributed by atoms with Gasteiger partial charge in [-0.15, -0.1) is 0 Å². The van der Waals surface area contributed by atoms with Crippen LogP contribution in [0.3, 0.4) is 0 Å². The molecule has 25 heavy (non-hydrogen) atoms. The van der Waals surface area contributed by atoms with Gasteiger partial charge in [0.1, 0.15) is 17.5 Å². The lowest BCUT2D eigenvalue weighted by Crippen LogP contribution is -2.44. The molecule has 1 aromatic rings. The molecule has 5 heteroatoms. The lowest BCUT2D eigenvalue weighted by Gasteiger charge is -2.26. The van der Waals surface area contributed by atoms with Gasteiger partial charge >= 0.3 is 0 Å². The molecule has 0 spiro atoms. The number of rotatable bonds is 5. The predicted octanol–water partition coefficient (Wildman–Crippen LogP) is 1.60. The largest absolute Gasteiger partial charge is 0.314 e. The van der Waals surface area contributed by atoms with Gasteiger partial charge in [0.25, 0.3) is 0 Å². The average molecular weight is 341 g/mol. The second kappa shape index (κ2) is 8.50. The van der Waals surface area contributed by atoms with Crippen molar-refractivity contribution < 1.29 is 9.59 Å². The minimum atomic E-state index is -0.635. The second-order valence-electron chi connectivity index (χ2n) is 7.07. The molecule has 0 amide bonds. The van der Waals surface area contributed by atoms with E-state index in [2.05, 4.69) is 15.2 Å². The fourth-order valence-electron chi connectivity index (χ4n) is 3.55. The van der Waals surface area contributed by atoms with Gasteiger partial charge in [-0.2, -0.15) is 0 Å². The Morgan fingerprint density at radius 3 is 2.40 bits per heavy atom. The van der Waals surface area contributed by atoms with Crippen LogP contribution in [0.15, 0.2) is 29.3 Å². The van der Waals surface area contributed by atoms with E-state index < -0.39 is 5.92 Å². The number of hydrogen-bond donors (Lipinski definition) is 1. The third kappa shape index (κ3) is 4.83. The molecule has 2 aliphatic rings. The molecule has 1 saturated carbocycles.